The maximum absolute atomic E-state index is 5.86. The summed E-state index contributed by atoms with van der Waals surface area (Å²) in [5, 5.41) is 15.3. The van der Waals surface area contributed by atoms with Crippen LogP contribution in [0, 0.1) is 0 Å². The molecule has 2 heteroatoms. The molecule has 0 aromatic heterocycles. The van der Waals surface area contributed by atoms with E-state index in [2.05, 4.69) is 60.7 Å². The van der Waals surface area contributed by atoms with Crippen molar-refractivity contribution in [3.63, 3.8) is 0 Å². The van der Waals surface area contributed by atoms with E-state index in [-0.39, 0.29) is 0 Å². The van der Waals surface area contributed by atoms with Crippen molar-refractivity contribution in [2.45, 2.75) is 0 Å². The molecule has 28 heavy (non-hydrogen) atoms. The van der Waals surface area contributed by atoms with E-state index in [1.54, 1.807) is 14.2 Å². The molecule has 0 heterocycles. The fraction of sp³-hybridized carbons (Fsp3) is 0.0769. The molecule has 2 nitrogen and oxygen atoms in total. The Balaban J connectivity index is 2.02. The summed E-state index contributed by atoms with van der Waals surface area (Å²) in [7, 11) is 3.46. The molecule has 0 aliphatic rings. The van der Waals surface area contributed by atoms with E-state index in [4.69, 9.17) is 9.47 Å². The summed E-state index contributed by atoms with van der Waals surface area (Å²) < 4.78 is 11.7. The number of rotatable bonds is 2. The van der Waals surface area contributed by atoms with Crippen LogP contribution in [0.15, 0.2) is 60.7 Å². The van der Waals surface area contributed by atoms with E-state index in [1.807, 2.05) is 0 Å². The number of ether oxygens (including phenoxy) is 2. The Morgan fingerprint density at radius 2 is 0.679 bits per heavy atom. The van der Waals surface area contributed by atoms with Crippen LogP contribution >= 0.6 is 0 Å². The highest BCUT2D eigenvalue weighted by molar-refractivity contribution is 6.45. The molecule has 0 bridgehead atoms. The minimum absolute atomic E-state index is 0.815. The summed E-state index contributed by atoms with van der Waals surface area (Å²) in [4.78, 5) is 0. The van der Waals surface area contributed by atoms with Crippen molar-refractivity contribution in [1.29, 1.82) is 0 Å². The fourth-order valence-corrected chi connectivity index (χ4v) is 5.41. The van der Waals surface area contributed by atoms with Gasteiger partial charge in [-0.3, -0.25) is 0 Å². The summed E-state index contributed by atoms with van der Waals surface area (Å²) in [6, 6.07) is 22.2. The van der Waals surface area contributed by atoms with Crippen molar-refractivity contribution in [3.05, 3.63) is 60.7 Å². The van der Waals surface area contributed by atoms with E-state index in [9.17, 15) is 0 Å². The van der Waals surface area contributed by atoms with E-state index in [1.165, 1.54) is 53.9 Å². The first-order chi connectivity index (χ1) is 13.8. The highest BCUT2D eigenvalue weighted by atomic mass is 16.5. The predicted molar refractivity (Wildman–Crippen MR) is 118 cm³/mol. The normalized spacial score (nSPS) is 12.6. The Morgan fingerprint density at radius 1 is 0.393 bits per heavy atom. The molecule has 0 spiro atoms. The first-order valence-corrected chi connectivity index (χ1v) is 9.53. The lowest BCUT2D eigenvalue weighted by Gasteiger charge is -2.23. The third-order valence-corrected chi connectivity index (χ3v) is 6.48. The molecule has 132 valence electrons. The molecule has 0 unspecified atom stereocenters. The van der Waals surface area contributed by atoms with Gasteiger partial charge in [0, 0.05) is 21.5 Å². The lowest BCUT2D eigenvalue weighted by molar-refractivity contribution is 0.362. The van der Waals surface area contributed by atoms with Gasteiger partial charge in [-0.1, -0.05) is 48.5 Å². The van der Waals surface area contributed by atoms with Gasteiger partial charge in [-0.05, 0) is 55.2 Å². The average molecular weight is 360 g/mol. The largest absolute Gasteiger partial charge is 0.492 e. The van der Waals surface area contributed by atoms with Gasteiger partial charge in [-0.25, -0.2) is 0 Å². The van der Waals surface area contributed by atoms with Gasteiger partial charge < -0.3 is 9.47 Å². The Morgan fingerprint density at radius 3 is 1.00 bits per heavy atom. The molecule has 0 saturated heterocycles. The zero-order chi connectivity index (χ0) is 18.6. The summed E-state index contributed by atoms with van der Waals surface area (Å²) in [5.41, 5.74) is 0. The molecule has 0 amide bonds. The predicted octanol–water partition coefficient (Wildman–Crippen LogP) is 6.94. The Labute approximate surface area is 160 Å². The Bertz CT molecular complexity index is 1540. The highest BCUT2D eigenvalue weighted by Crippen LogP contribution is 2.53. The van der Waals surface area contributed by atoms with Gasteiger partial charge in [-0.15, -0.1) is 0 Å². The van der Waals surface area contributed by atoms with Crippen LogP contribution in [-0.4, -0.2) is 14.2 Å². The van der Waals surface area contributed by atoms with Gasteiger partial charge in [0.1, 0.15) is 0 Å². The molecule has 0 aliphatic heterocycles. The van der Waals surface area contributed by atoms with E-state index < -0.39 is 0 Å². The summed E-state index contributed by atoms with van der Waals surface area (Å²) >= 11 is 0. The highest BCUT2D eigenvalue weighted by Gasteiger charge is 2.24. The topological polar surface area (TPSA) is 18.5 Å². The lowest BCUT2D eigenvalue weighted by atomic mass is 9.82. The monoisotopic (exact) mass is 360 g/mol. The number of hydrogen-bond acceptors (Lipinski definition) is 2. The zero-order valence-corrected chi connectivity index (χ0v) is 15.6. The third-order valence-electron chi connectivity index (χ3n) is 6.48. The van der Waals surface area contributed by atoms with Gasteiger partial charge in [0.15, 0.2) is 11.5 Å². The third kappa shape index (κ3) is 1.42. The molecular weight excluding hydrogens is 344 g/mol. The molecule has 7 aromatic rings. The molecule has 0 radical (unpaired) electrons. The minimum Gasteiger partial charge on any atom is -0.492 e. The second-order valence-corrected chi connectivity index (χ2v) is 7.63. The molecule has 0 saturated carbocycles. The Hall–Kier alpha value is -3.52. The van der Waals surface area contributed by atoms with Crippen LogP contribution in [0.25, 0.3) is 64.6 Å². The fourth-order valence-electron chi connectivity index (χ4n) is 5.41. The van der Waals surface area contributed by atoms with Crippen molar-refractivity contribution in [1.82, 2.24) is 0 Å². The van der Waals surface area contributed by atoms with Crippen LogP contribution in [-0.2, 0) is 0 Å². The number of hydrogen-bond donors (Lipinski definition) is 0. The van der Waals surface area contributed by atoms with Crippen molar-refractivity contribution in [2.75, 3.05) is 14.2 Å². The zero-order valence-electron chi connectivity index (χ0n) is 15.6. The molecule has 7 aromatic carbocycles. The minimum atomic E-state index is 0.815. The first-order valence-electron chi connectivity index (χ1n) is 9.53. The maximum Gasteiger partial charge on any atom is 0.169 e. The van der Waals surface area contributed by atoms with Crippen molar-refractivity contribution in [3.8, 4) is 11.5 Å². The van der Waals surface area contributed by atoms with E-state index in [0.29, 0.717) is 0 Å². The van der Waals surface area contributed by atoms with Crippen LogP contribution < -0.4 is 9.47 Å². The molecule has 0 atom stereocenters. The molecule has 7 rings (SSSR count). The summed E-state index contributed by atoms with van der Waals surface area (Å²) in [6.07, 6.45) is 0. The van der Waals surface area contributed by atoms with Crippen LogP contribution in [0.3, 0.4) is 0 Å². The van der Waals surface area contributed by atoms with Gasteiger partial charge in [0.05, 0.1) is 14.2 Å². The molecular formula is C26H16O2. The maximum atomic E-state index is 5.86. The average Bonchev–Trinajstić information content (AvgIpc) is 2.76. The number of methoxy groups -OCH3 is 2. The molecule has 0 N–H and O–H groups in total. The van der Waals surface area contributed by atoms with Gasteiger partial charge >= 0.3 is 0 Å². The van der Waals surface area contributed by atoms with E-state index >= 15 is 0 Å². The summed E-state index contributed by atoms with van der Waals surface area (Å²) in [6.45, 7) is 0. The Kier molecular flexibility index (Phi) is 2.42. The SMILES string of the molecule is COc1c(OC)c2ccc3ccc4ccc5ccc6ccc1c1c6c5c4c3c21. The van der Waals surface area contributed by atoms with E-state index in [0.717, 1.165) is 22.3 Å². The smallest absolute Gasteiger partial charge is 0.169 e. The summed E-state index contributed by atoms with van der Waals surface area (Å²) in [5.74, 6) is 1.63. The van der Waals surface area contributed by atoms with Crippen molar-refractivity contribution < 1.29 is 9.47 Å². The number of benzene rings is 7. The van der Waals surface area contributed by atoms with Gasteiger partial charge in [0.25, 0.3) is 0 Å². The van der Waals surface area contributed by atoms with Crippen LogP contribution in [0.2, 0.25) is 0 Å². The second kappa shape index (κ2) is 4.66. The standard InChI is InChI=1S/C26H16O2/c1-27-25-17-11-9-15-7-5-13-3-4-14-6-8-16-10-12-18(26(25)28-2)24-22(16)20(14)19(13)21(15)23(17)24/h3-12H,1-2H3. The first kappa shape index (κ1) is 14.5. The van der Waals surface area contributed by atoms with Gasteiger partial charge in [0.2, 0.25) is 0 Å². The van der Waals surface area contributed by atoms with Crippen molar-refractivity contribution in [2.24, 2.45) is 0 Å². The van der Waals surface area contributed by atoms with Crippen LogP contribution in [0.1, 0.15) is 0 Å². The van der Waals surface area contributed by atoms with Gasteiger partial charge in [-0.2, -0.15) is 0 Å². The molecule has 0 fully saturated rings. The van der Waals surface area contributed by atoms with Crippen LogP contribution in [0.4, 0.5) is 0 Å². The quantitative estimate of drug-likeness (QED) is 0.246. The molecule has 0 aliphatic carbocycles. The second-order valence-electron chi connectivity index (χ2n) is 7.63. The lowest BCUT2D eigenvalue weighted by Crippen LogP contribution is -1.97. The van der Waals surface area contributed by atoms with Crippen molar-refractivity contribution >= 4 is 64.6 Å². The van der Waals surface area contributed by atoms with Crippen LogP contribution in [0.5, 0.6) is 11.5 Å².